The van der Waals surface area contributed by atoms with E-state index in [1.807, 2.05) is 57.2 Å². The van der Waals surface area contributed by atoms with E-state index in [4.69, 9.17) is 18.4 Å². The third kappa shape index (κ3) is 12.2. The molecule has 0 radical (unpaired) electrons. The van der Waals surface area contributed by atoms with Gasteiger partial charge in [0.1, 0.15) is 0 Å². The third-order valence-corrected chi connectivity index (χ3v) is 5.66. The van der Waals surface area contributed by atoms with Crippen molar-refractivity contribution in [1.29, 1.82) is 0 Å². The van der Waals surface area contributed by atoms with E-state index in [0.717, 1.165) is 11.1 Å². The van der Waals surface area contributed by atoms with Crippen molar-refractivity contribution in [2.75, 3.05) is 19.8 Å². The van der Waals surface area contributed by atoms with Crippen molar-refractivity contribution in [3.63, 3.8) is 0 Å². The fourth-order valence-corrected chi connectivity index (χ4v) is 3.60. The molecule has 0 amide bonds. The minimum atomic E-state index is -2.51. The molecule has 0 heterocycles. The number of aliphatic carboxylic acids is 1. The van der Waals surface area contributed by atoms with Gasteiger partial charge in [-0.3, -0.25) is 0 Å². The van der Waals surface area contributed by atoms with Crippen molar-refractivity contribution in [3.05, 3.63) is 73.0 Å². The van der Waals surface area contributed by atoms with Crippen LogP contribution in [-0.2, 0) is 18.1 Å². The lowest BCUT2D eigenvalue weighted by atomic mass is 10.1. The molecule has 0 saturated carbocycles. The van der Waals surface area contributed by atoms with Crippen molar-refractivity contribution in [2.45, 2.75) is 27.7 Å². The number of rotatable bonds is 10. The van der Waals surface area contributed by atoms with Gasteiger partial charge in [-0.15, -0.1) is 0 Å². The molecule has 1 aromatic carbocycles. The summed E-state index contributed by atoms with van der Waals surface area (Å²) in [5.41, 5.74) is 4.12. The normalized spacial score (nSPS) is 9.71. The molecule has 0 atom stereocenters. The minimum Gasteiger partial charge on any atom is -0.478 e. The zero-order chi connectivity index (χ0) is 22.0. The van der Waals surface area contributed by atoms with Gasteiger partial charge < -0.3 is 18.4 Å². The summed E-state index contributed by atoms with van der Waals surface area (Å²) in [5.74, 6) is -0.935. The number of carboxylic acids is 1. The van der Waals surface area contributed by atoms with Gasteiger partial charge in [0.25, 0.3) is 0 Å². The van der Waals surface area contributed by atoms with Gasteiger partial charge in [-0.05, 0) is 44.5 Å². The molecule has 0 unspecified atom stereocenters. The van der Waals surface area contributed by atoms with Crippen molar-refractivity contribution in [3.8, 4) is 0 Å². The maximum absolute atomic E-state index is 9.60. The van der Waals surface area contributed by atoms with Crippen LogP contribution in [0.2, 0.25) is 0 Å². The Morgan fingerprint density at radius 3 is 1.46 bits per heavy atom. The van der Waals surface area contributed by atoms with Crippen molar-refractivity contribution in [2.24, 2.45) is 0 Å². The third-order valence-electron chi connectivity index (χ3n) is 3.09. The van der Waals surface area contributed by atoms with Crippen LogP contribution in [0.4, 0.5) is 0 Å². The minimum absolute atomic E-state index is 0.176. The predicted molar refractivity (Wildman–Crippen MR) is 120 cm³/mol. The summed E-state index contributed by atoms with van der Waals surface area (Å²) in [6, 6.07) is 8.02. The highest BCUT2D eigenvalue weighted by Crippen LogP contribution is 2.11. The molecule has 6 heteroatoms. The van der Waals surface area contributed by atoms with Gasteiger partial charge in [-0.2, -0.15) is 0 Å². The monoisotopic (exact) mass is 406 g/mol. The average molecular weight is 407 g/mol. The average Bonchev–Trinajstić information content (AvgIpc) is 2.69. The van der Waals surface area contributed by atoms with Crippen LogP contribution in [-0.4, -0.2) is 39.7 Å². The smallest absolute Gasteiger partial charge is 0.478 e. The molecular weight excluding hydrogens is 372 g/mol. The summed E-state index contributed by atoms with van der Waals surface area (Å²) in [5, 5.41) is 7.89. The lowest BCUT2D eigenvalue weighted by molar-refractivity contribution is -0.132. The Morgan fingerprint density at radius 1 is 0.964 bits per heavy atom. The van der Waals surface area contributed by atoms with Crippen LogP contribution >= 0.6 is 0 Å². The van der Waals surface area contributed by atoms with Gasteiger partial charge in [0.05, 0.1) is 0 Å². The summed E-state index contributed by atoms with van der Waals surface area (Å²) in [6.07, 6.45) is 3.66. The number of hydrogen-bond donors (Lipinski definition) is 1. The van der Waals surface area contributed by atoms with Crippen LogP contribution in [0.25, 0.3) is 12.2 Å². The molecule has 0 fully saturated rings. The maximum atomic E-state index is 9.60. The fraction of sp³-hybridized carbons (Fsp3) is 0.318. The predicted octanol–water partition coefficient (Wildman–Crippen LogP) is 5.38. The number of benzene rings is 1. The zero-order valence-electron chi connectivity index (χ0n) is 17.6. The molecule has 156 valence electrons. The number of carbonyl (C=O) groups is 1. The molecule has 0 saturated heterocycles. The zero-order valence-corrected chi connectivity index (χ0v) is 18.6. The van der Waals surface area contributed by atoms with Gasteiger partial charge in [0.2, 0.25) is 0 Å². The Morgan fingerprint density at radius 2 is 1.29 bits per heavy atom. The molecule has 1 aromatic rings. The Balaban J connectivity index is 0. The highest BCUT2D eigenvalue weighted by atomic mass is 28.4. The molecule has 0 bridgehead atoms. The van der Waals surface area contributed by atoms with Gasteiger partial charge in [0.15, 0.2) is 0 Å². The van der Waals surface area contributed by atoms with E-state index in [1.165, 1.54) is 6.92 Å². The fourth-order valence-electron chi connectivity index (χ4n) is 1.79. The van der Waals surface area contributed by atoms with E-state index in [9.17, 15) is 4.79 Å². The van der Waals surface area contributed by atoms with Crippen LogP contribution < -0.4 is 0 Å². The Labute approximate surface area is 171 Å². The first-order valence-corrected chi connectivity index (χ1v) is 10.9. The summed E-state index contributed by atoms with van der Waals surface area (Å²) < 4.78 is 16.3. The Bertz CT molecular complexity index is 569. The largest absolute Gasteiger partial charge is 0.528 e. The number of carboxylic acid groups (broad SMARTS) is 1. The van der Waals surface area contributed by atoms with Crippen molar-refractivity contribution >= 4 is 26.9 Å². The van der Waals surface area contributed by atoms with Crippen molar-refractivity contribution in [1.82, 2.24) is 0 Å². The Kier molecular flexibility index (Phi) is 16.9. The number of hydrogen-bond acceptors (Lipinski definition) is 4. The summed E-state index contributed by atoms with van der Waals surface area (Å²) >= 11 is 0. The summed E-state index contributed by atoms with van der Waals surface area (Å²) in [6.45, 7) is 23.2. The van der Waals surface area contributed by atoms with Crippen LogP contribution in [0.15, 0.2) is 61.9 Å². The van der Waals surface area contributed by atoms with E-state index in [0.29, 0.717) is 19.8 Å². The van der Waals surface area contributed by atoms with Crippen LogP contribution in [0.5, 0.6) is 0 Å². The molecule has 1 N–H and O–H groups in total. The standard InChI is InChI=1S/C10H10.C8H18O3Si.C4H6O2/c1-3-9-7-5-6-8-10(9)4-2;1-5-9-12(8-4,10-6-2)11-7-3;1-3(2)4(5)6/h3-8H,1-2H2;8H,4-7H2,1-3H3;1H2,2H3,(H,5,6). The molecule has 0 aromatic heterocycles. The highest BCUT2D eigenvalue weighted by molar-refractivity contribution is 6.66. The molecule has 28 heavy (non-hydrogen) atoms. The Hall–Kier alpha value is -2.25. The van der Waals surface area contributed by atoms with Gasteiger partial charge >= 0.3 is 14.8 Å². The second kappa shape index (κ2) is 16.9. The van der Waals surface area contributed by atoms with Crippen LogP contribution in [0.1, 0.15) is 38.8 Å². The first kappa shape index (κ1) is 28.0. The maximum Gasteiger partial charge on any atom is 0.528 e. The first-order valence-electron chi connectivity index (χ1n) is 9.05. The van der Waals surface area contributed by atoms with Crippen LogP contribution in [0, 0.1) is 0 Å². The summed E-state index contributed by atoms with van der Waals surface area (Å²) in [7, 11) is -2.51. The molecule has 0 spiro atoms. The molecule has 0 aliphatic heterocycles. The van der Waals surface area contributed by atoms with Gasteiger partial charge in [-0.25, -0.2) is 4.79 Å². The lowest BCUT2D eigenvalue weighted by Crippen LogP contribution is -2.44. The SMILES string of the molecule is C=C(C)C(=O)O.C=C[Si](OCC)(OCC)OCC.C=Cc1ccccc1C=C. The quantitative estimate of drug-likeness (QED) is 0.417. The molecule has 0 aliphatic rings. The topological polar surface area (TPSA) is 65.0 Å². The summed E-state index contributed by atoms with van der Waals surface area (Å²) in [4.78, 5) is 9.60. The molecular formula is C22H34O5Si. The molecule has 0 aliphatic carbocycles. The van der Waals surface area contributed by atoms with E-state index >= 15 is 0 Å². The highest BCUT2D eigenvalue weighted by Gasteiger charge is 2.36. The lowest BCUT2D eigenvalue weighted by Gasteiger charge is -2.24. The molecule has 1 rings (SSSR count). The second-order valence-electron chi connectivity index (χ2n) is 5.23. The second-order valence-corrected chi connectivity index (χ2v) is 7.71. The van der Waals surface area contributed by atoms with Crippen molar-refractivity contribution < 1.29 is 23.2 Å². The molecule has 5 nitrogen and oxygen atoms in total. The van der Waals surface area contributed by atoms with Gasteiger partial charge in [-0.1, -0.05) is 62.7 Å². The van der Waals surface area contributed by atoms with E-state index in [-0.39, 0.29) is 5.57 Å². The van der Waals surface area contributed by atoms with E-state index < -0.39 is 14.8 Å². The first-order chi connectivity index (χ1) is 13.3. The van der Waals surface area contributed by atoms with E-state index in [1.54, 1.807) is 5.70 Å². The van der Waals surface area contributed by atoms with E-state index in [2.05, 4.69) is 26.3 Å². The van der Waals surface area contributed by atoms with Crippen LogP contribution in [0.3, 0.4) is 0 Å². The van der Waals surface area contributed by atoms with Gasteiger partial charge in [0, 0.05) is 25.4 Å².